The van der Waals surface area contributed by atoms with E-state index in [-0.39, 0.29) is 17.7 Å². The maximum absolute atomic E-state index is 13.1. The number of ether oxygens (including phenoxy) is 2. The number of nitrogens with zero attached hydrogens (tertiary/aromatic N) is 2. The molecule has 1 N–H and O–H groups in total. The fourth-order valence-electron chi connectivity index (χ4n) is 4.49. The second kappa shape index (κ2) is 11.0. The number of amides is 2. The Labute approximate surface area is 206 Å². The van der Waals surface area contributed by atoms with E-state index in [1.165, 1.54) is 0 Å². The number of piperidine rings is 1. The first kappa shape index (κ1) is 24.3. The maximum Gasteiger partial charge on any atom is 0.253 e. The van der Waals surface area contributed by atoms with E-state index in [1.54, 1.807) is 20.3 Å². The zero-order valence-corrected chi connectivity index (χ0v) is 20.4. The summed E-state index contributed by atoms with van der Waals surface area (Å²) in [6, 6.07) is 18.6. The van der Waals surface area contributed by atoms with Crippen LogP contribution in [0.3, 0.4) is 0 Å². The van der Waals surface area contributed by atoms with Crippen LogP contribution in [0.4, 0.5) is 0 Å². The van der Waals surface area contributed by atoms with Gasteiger partial charge < -0.3 is 19.7 Å². The maximum atomic E-state index is 13.1. The van der Waals surface area contributed by atoms with Crippen molar-refractivity contribution in [2.45, 2.75) is 32.2 Å². The third-order valence-corrected chi connectivity index (χ3v) is 6.43. The molecule has 1 aliphatic rings. The van der Waals surface area contributed by atoms with Gasteiger partial charge in [0.1, 0.15) is 11.5 Å². The Bertz CT molecular complexity index is 1200. The van der Waals surface area contributed by atoms with Crippen molar-refractivity contribution in [3.8, 4) is 11.5 Å². The first-order valence-corrected chi connectivity index (χ1v) is 11.8. The number of benzene rings is 2. The van der Waals surface area contributed by atoms with Gasteiger partial charge in [0.25, 0.3) is 11.8 Å². The number of aryl methyl sites for hydroxylation is 1. The summed E-state index contributed by atoms with van der Waals surface area (Å²) in [6.07, 6.45) is 1.50. The quantitative estimate of drug-likeness (QED) is 0.552. The van der Waals surface area contributed by atoms with E-state index in [0.717, 1.165) is 35.5 Å². The van der Waals surface area contributed by atoms with E-state index in [4.69, 9.17) is 14.5 Å². The van der Waals surface area contributed by atoms with Crippen molar-refractivity contribution in [1.82, 2.24) is 15.2 Å². The van der Waals surface area contributed by atoms with E-state index in [1.807, 2.05) is 66.4 Å². The molecule has 1 saturated heterocycles. The van der Waals surface area contributed by atoms with E-state index in [2.05, 4.69) is 5.32 Å². The third kappa shape index (κ3) is 5.62. The molecule has 0 bridgehead atoms. The van der Waals surface area contributed by atoms with Crippen molar-refractivity contribution in [1.29, 1.82) is 0 Å². The van der Waals surface area contributed by atoms with Crippen molar-refractivity contribution in [2.24, 2.45) is 0 Å². The molecule has 0 radical (unpaired) electrons. The third-order valence-electron chi connectivity index (χ3n) is 6.43. The summed E-state index contributed by atoms with van der Waals surface area (Å²) in [5, 5.41) is 3.01. The predicted octanol–water partition coefficient (Wildman–Crippen LogP) is 4.36. The molecule has 0 unspecified atom stereocenters. The molecule has 0 aliphatic carbocycles. The lowest BCUT2D eigenvalue weighted by Gasteiger charge is -2.32. The zero-order valence-electron chi connectivity index (χ0n) is 20.4. The summed E-state index contributed by atoms with van der Waals surface area (Å²) in [4.78, 5) is 32.8. The summed E-state index contributed by atoms with van der Waals surface area (Å²) in [7, 11) is 3.21. The van der Waals surface area contributed by atoms with Crippen LogP contribution in [0.2, 0.25) is 0 Å². The highest BCUT2D eigenvalue weighted by atomic mass is 16.5. The fourth-order valence-corrected chi connectivity index (χ4v) is 4.49. The number of nitrogens with one attached hydrogen (secondary N) is 1. The summed E-state index contributed by atoms with van der Waals surface area (Å²) < 4.78 is 10.6. The number of likely N-dealkylation sites (tertiary alicyclic amines) is 1. The Morgan fingerprint density at radius 3 is 2.51 bits per heavy atom. The Morgan fingerprint density at radius 2 is 1.77 bits per heavy atom. The molecule has 7 heteroatoms. The average molecular weight is 474 g/mol. The number of aromatic nitrogens is 1. The number of carbonyl (C=O) groups is 2. The van der Waals surface area contributed by atoms with E-state index in [0.29, 0.717) is 36.5 Å². The molecule has 182 valence electrons. The van der Waals surface area contributed by atoms with E-state index in [9.17, 15) is 9.59 Å². The molecular formula is C28H31N3O4. The largest absolute Gasteiger partial charge is 0.497 e. The molecule has 2 aromatic carbocycles. The topological polar surface area (TPSA) is 80.8 Å². The summed E-state index contributed by atoms with van der Waals surface area (Å²) in [5.41, 5.74) is 3.79. The van der Waals surface area contributed by atoms with Crippen LogP contribution in [0.5, 0.6) is 11.5 Å². The second-order valence-corrected chi connectivity index (χ2v) is 8.68. The van der Waals surface area contributed by atoms with Gasteiger partial charge in [-0.3, -0.25) is 14.6 Å². The van der Waals surface area contributed by atoms with E-state index >= 15 is 0 Å². The fraction of sp³-hybridized carbons (Fsp3) is 0.321. The number of carbonyl (C=O) groups excluding carboxylic acids is 2. The normalized spacial score (nSPS) is 13.9. The van der Waals surface area contributed by atoms with Gasteiger partial charge in [-0.1, -0.05) is 24.3 Å². The van der Waals surface area contributed by atoms with Crippen LogP contribution in [-0.4, -0.2) is 49.0 Å². The van der Waals surface area contributed by atoms with Crippen molar-refractivity contribution in [3.05, 3.63) is 88.7 Å². The second-order valence-electron chi connectivity index (χ2n) is 8.68. The van der Waals surface area contributed by atoms with Gasteiger partial charge in [-0.2, -0.15) is 0 Å². The smallest absolute Gasteiger partial charge is 0.253 e. The van der Waals surface area contributed by atoms with Gasteiger partial charge in [-0.25, -0.2) is 0 Å². The molecule has 1 aromatic heterocycles. The van der Waals surface area contributed by atoms with Crippen LogP contribution >= 0.6 is 0 Å². The molecule has 2 heterocycles. The van der Waals surface area contributed by atoms with Gasteiger partial charge in [0.05, 0.1) is 25.5 Å². The number of rotatable bonds is 7. The lowest BCUT2D eigenvalue weighted by molar-refractivity contribution is 0.0710. The van der Waals surface area contributed by atoms with Crippen LogP contribution in [-0.2, 0) is 6.54 Å². The van der Waals surface area contributed by atoms with Gasteiger partial charge in [-0.05, 0) is 56.2 Å². The molecule has 7 nitrogen and oxygen atoms in total. The first-order valence-electron chi connectivity index (χ1n) is 11.8. The van der Waals surface area contributed by atoms with Crippen LogP contribution in [0.1, 0.15) is 56.4 Å². The number of para-hydroxylation sites is 1. The molecule has 35 heavy (non-hydrogen) atoms. The molecule has 3 aromatic rings. The van der Waals surface area contributed by atoms with Crippen LogP contribution in [0.25, 0.3) is 0 Å². The molecule has 0 spiro atoms. The number of pyridine rings is 1. The molecule has 1 aliphatic heterocycles. The van der Waals surface area contributed by atoms with Gasteiger partial charge in [0.2, 0.25) is 0 Å². The number of hydrogen-bond donors (Lipinski definition) is 1. The highest BCUT2D eigenvalue weighted by Gasteiger charge is 2.28. The van der Waals surface area contributed by atoms with Crippen molar-refractivity contribution in [2.75, 3.05) is 27.3 Å². The number of hydrogen-bond acceptors (Lipinski definition) is 5. The Balaban J connectivity index is 1.44. The monoisotopic (exact) mass is 473 g/mol. The van der Waals surface area contributed by atoms with Gasteiger partial charge in [0.15, 0.2) is 0 Å². The van der Waals surface area contributed by atoms with Crippen LogP contribution in [0, 0.1) is 6.92 Å². The van der Waals surface area contributed by atoms with Gasteiger partial charge in [-0.15, -0.1) is 0 Å². The van der Waals surface area contributed by atoms with Crippen molar-refractivity contribution >= 4 is 11.8 Å². The Morgan fingerprint density at radius 1 is 1.00 bits per heavy atom. The van der Waals surface area contributed by atoms with Gasteiger partial charge >= 0.3 is 0 Å². The molecular weight excluding hydrogens is 442 g/mol. The lowest BCUT2D eigenvalue weighted by atomic mass is 9.89. The average Bonchev–Trinajstić information content (AvgIpc) is 2.91. The van der Waals surface area contributed by atoms with Gasteiger partial charge in [0, 0.05) is 42.4 Å². The highest BCUT2D eigenvalue weighted by Crippen LogP contribution is 2.30. The lowest BCUT2D eigenvalue weighted by Crippen LogP contribution is -2.38. The molecule has 0 saturated carbocycles. The summed E-state index contributed by atoms with van der Waals surface area (Å²) in [5.74, 6) is 1.35. The van der Waals surface area contributed by atoms with Crippen LogP contribution in [0.15, 0.2) is 60.7 Å². The minimum Gasteiger partial charge on any atom is -0.497 e. The zero-order chi connectivity index (χ0) is 24.8. The van der Waals surface area contributed by atoms with E-state index < -0.39 is 0 Å². The minimum absolute atomic E-state index is 0.00525. The Kier molecular flexibility index (Phi) is 7.65. The minimum atomic E-state index is -0.159. The standard InChI is InChI=1S/C28H31N3O4/c1-19-11-12-24(27(32)29-18-22-7-4-5-10-25(22)35-3)26(30-19)20-13-15-31(16-14-20)28(33)21-8-6-9-23(17-21)34-2/h4-12,17,20H,13-16,18H2,1-3H3,(H,29,32). The number of methoxy groups -OCH3 is 2. The Hall–Kier alpha value is -3.87. The predicted molar refractivity (Wildman–Crippen MR) is 134 cm³/mol. The molecule has 2 amide bonds. The summed E-state index contributed by atoms with van der Waals surface area (Å²) >= 11 is 0. The first-order chi connectivity index (χ1) is 17.0. The van der Waals surface area contributed by atoms with Crippen molar-refractivity contribution < 1.29 is 19.1 Å². The molecule has 1 fully saturated rings. The van der Waals surface area contributed by atoms with Crippen LogP contribution < -0.4 is 14.8 Å². The SMILES string of the molecule is COc1cccc(C(=O)N2CCC(c3nc(C)ccc3C(=O)NCc3ccccc3OC)CC2)c1. The molecule has 0 atom stereocenters. The highest BCUT2D eigenvalue weighted by molar-refractivity contribution is 5.96. The summed E-state index contributed by atoms with van der Waals surface area (Å²) in [6.45, 7) is 3.52. The van der Waals surface area contributed by atoms with Crippen molar-refractivity contribution in [3.63, 3.8) is 0 Å². The molecule has 4 rings (SSSR count).